The molecular weight excluding hydrogens is 306 g/mol. The summed E-state index contributed by atoms with van der Waals surface area (Å²) in [6.07, 6.45) is 0. The molecule has 0 amide bonds. The van der Waals surface area contributed by atoms with Crippen molar-refractivity contribution in [3.63, 3.8) is 0 Å². The molecule has 0 atom stereocenters. The summed E-state index contributed by atoms with van der Waals surface area (Å²) in [5.41, 5.74) is 0. The van der Waals surface area contributed by atoms with Gasteiger partial charge in [-0.25, -0.2) is 13.1 Å². The lowest BCUT2D eigenvalue weighted by atomic mass is 10.5. The van der Waals surface area contributed by atoms with Crippen molar-refractivity contribution in [1.29, 1.82) is 0 Å². The molecule has 0 radical (unpaired) electrons. The highest BCUT2D eigenvalue weighted by Gasteiger charge is 2.15. The zero-order valence-corrected chi connectivity index (χ0v) is 10.7. The van der Waals surface area contributed by atoms with Crippen LogP contribution < -0.4 is 4.72 Å². The molecule has 5 nitrogen and oxygen atoms in total. The number of carbonyl (C=O) groups is 1. The van der Waals surface area contributed by atoms with Gasteiger partial charge in [-0.05, 0) is 28.1 Å². The number of rotatable bonds is 5. The van der Waals surface area contributed by atoms with E-state index in [2.05, 4.69) is 20.7 Å². The van der Waals surface area contributed by atoms with Crippen molar-refractivity contribution in [2.75, 3.05) is 5.75 Å². The van der Waals surface area contributed by atoms with Crippen molar-refractivity contribution in [1.82, 2.24) is 4.72 Å². The molecule has 15 heavy (non-hydrogen) atoms. The SMILES string of the molecule is O=C(O)CS(=O)(=O)NCc1ccc(Br)s1. The predicted octanol–water partition coefficient (Wildman–Crippen LogP) is 1.01. The molecule has 0 spiro atoms. The fourth-order valence-corrected chi connectivity index (χ4v) is 3.16. The standard InChI is InChI=1S/C7H8BrNO4S2/c8-6-2-1-5(14-6)3-9-15(12,13)4-7(10)11/h1-2,9H,3-4H2,(H,10,11). The Morgan fingerprint density at radius 1 is 1.53 bits per heavy atom. The van der Waals surface area contributed by atoms with E-state index in [0.29, 0.717) is 0 Å². The first-order valence-corrected chi connectivity index (χ1v) is 7.08. The van der Waals surface area contributed by atoms with Crippen LogP contribution in [-0.2, 0) is 21.4 Å². The summed E-state index contributed by atoms with van der Waals surface area (Å²) >= 11 is 4.63. The van der Waals surface area contributed by atoms with Crippen molar-refractivity contribution in [2.24, 2.45) is 0 Å². The smallest absolute Gasteiger partial charge is 0.320 e. The zero-order chi connectivity index (χ0) is 11.5. The van der Waals surface area contributed by atoms with Crippen LogP contribution in [0.4, 0.5) is 0 Å². The molecular formula is C7H8BrNO4S2. The van der Waals surface area contributed by atoms with E-state index < -0.39 is 21.7 Å². The van der Waals surface area contributed by atoms with Crippen LogP contribution in [0.3, 0.4) is 0 Å². The molecule has 1 aromatic heterocycles. The predicted molar refractivity (Wildman–Crippen MR) is 60.3 cm³/mol. The fraction of sp³-hybridized carbons (Fsp3) is 0.286. The Morgan fingerprint density at radius 3 is 2.67 bits per heavy atom. The monoisotopic (exact) mass is 313 g/mol. The topological polar surface area (TPSA) is 83.5 Å². The molecule has 0 aliphatic heterocycles. The third kappa shape index (κ3) is 4.74. The number of hydrogen-bond acceptors (Lipinski definition) is 4. The molecule has 0 unspecified atom stereocenters. The molecule has 0 saturated carbocycles. The molecule has 8 heteroatoms. The number of hydrogen-bond donors (Lipinski definition) is 2. The van der Waals surface area contributed by atoms with E-state index in [-0.39, 0.29) is 6.54 Å². The van der Waals surface area contributed by atoms with E-state index in [1.165, 1.54) is 11.3 Å². The molecule has 0 aromatic carbocycles. The highest BCUT2D eigenvalue weighted by atomic mass is 79.9. The van der Waals surface area contributed by atoms with Gasteiger partial charge in [-0.3, -0.25) is 4.79 Å². The van der Waals surface area contributed by atoms with Crippen LogP contribution in [0.1, 0.15) is 4.88 Å². The third-order valence-corrected chi connectivity index (χ3v) is 4.24. The minimum atomic E-state index is -3.73. The van der Waals surface area contributed by atoms with Gasteiger partial charge in [0, 0.05) is 11.4 Å². The molecule has 0 fully saturated rings. The first-order valence-electron chi connectivity index (χ1n) is 3.82. The highest BCUT2D eigenvalue weighted by molar-refractivity contribution is 9.11. The number of nitrogens with one attached hydrogen (secondary N) is 1. The van der Waals surface area contributed by atoms with Gasteiger partial charge in [-0.1, -0.05) is 0 Å². The van der Waals surface area contributed by atoms with Gasteiger partial charge < -0.3 is 5.11 Å². The van der Waals surface area contributed by atoms with E-state index in [0.717, 1.165) is 8.66 Å². The first-order chi connectivity index (χ1) is 6.89. The van der Waals surface area contributed by atoms with Crippen LogP contribution in [0.2, 0.25) is 0 Å². The van der Waals surface area contributed by atoms with Crippen LogP contribution in [0, 0.1) is 0 Å². The number of thiophene rings is 1. The maximum absolute atomic E-state index is 11.1. The maximum atomic E-state index is 11.1. The summed E-state index contributed by atoms with van der Waals surface area (Å²) in [7, 11) is -3.73. The Morgan fingerprint density at radius 2 is 2.20 bits per heavy atom. The summed E-state index contributed by atoms with van der Waals surface area (Å²) in [4.78, 5) is 11.0. The van der Waals surface area contributed by atoms with E-state index in [1.54, 1.807) is 12.1 Å². The van der Waals surface area contributed by atoms with Gasteiger partial charge in [0.15, 0.2) is 5.75 Å². The summed E-state index contributed by atoms with van der Waals surface area (Å²) in [6, 6.07) is 3.56. The lowest BCUT2D eigenvalue weighted by molar-refractivity contribution is -0.134. The van der Waals surface area contributed by atoms with E-state index in [9.17, 15) is 13.2 Å². The van der Waals surface area contributed by atoms with Gasteiger partial charge in [0.25, 0.3) is 0 Å². The van der Waals surface area contributed by atoms with Crippen LogP contribution in [0.5, 0.6) is 0 Å². The molecule has 0 saturated heterocycles. The highest BCUT2D eigenvalue weighted by Crippen LogP contribution is 2.21. The Balaban J connectivity index is 2.53. The van der Waals surface area contributed by atoms with Gasteiger partial charge in [0.2, 0.25) is 10.0 Å². The second-order valence-electron chi connectivity index (χ2n) is 2.68. The zero-order valence-electron chi connectivity index (χ0n) is 7.44. The number of aliphatic carboxylic acids is 1. The average molecular weight is 314 g/mol. The number of halogens is 1. The van der Waals surface area contributed by atoms with Crippen molar-refractivity contribution >= 4 is 43.3 Å². The molecule has 0 bridgehead atoms. The van der Waals surface area contributed by atoms with Gasteiger partial charge in [0.1, 0.15) is 0 Å². The Hall–Kier alpha value is -0.440. The minimum Gasteiger partial charge on any atom is -0.480 e. The number of sulfonamides is 1. The third-order valence-electron chi connectivity index (χ3n) is 1.41. The van der Waals surface area contributed by atoms with E-state index in [1.807, 2.05) is 0 Å². The minimum absolute atomic E-state index is 0.117. The Kier molecular flexibility index (Phi) is 4.26. The second-order valence-corrected chi connectivity index (χ2v) is 7.03. The van der Waals surface area contributed by atoms with Crippen molar-refractivity contribution in [3.05, 3.63) is 20.8 Å². The molecule has 0 aliphatic rings. The van der Waals surface area contributed by atoms with E-state index >= 15 is 0 Å². The van der Waals surface area contributed by atoms with Crippen molar-refractivity contribution < 1.29 is 18.3 Å². The molecule has 1 heterocycles. The van der Waals surface area contributed by atoms with Crippen LogP contribution in [0.25, 0.3) is 0 Å². The van der Waals surface area contributed by atoms with Crippen LogP contribution in [0.15, 0.2) is 15.9 Å². The summed E-state index contributed by atoms with van der Waals surface area (Å²) in [5.74, 6) is -2.27. The molecule has 1 rings (SSSR count). The molecule has 1 aromatic rings. The Labute approximate surface area is 99.3 Å². The lowest BCUT2D eigenvalue weighted by Gasteiger charge is -2.01. The second kappa shape index (κ2) is 5.06. The van der Waals surface area contributed by atoms with E-state index in [4.69, 9.17) is 5.11 Å². The van der Waals surface area contributed by atoms with Gasteiger partial charge >= 0.3 is 5.97 Å². The quantitative estimate of drug-likeness (QED) is 0.850. The largest absolute Gasteiger partial charge is 0.480 e. The summed E-state index contributed by atoms with van der Waals surface area (Å²) in [6.45, 7) is 0.117. The molecule has 84 valence electrons. The van der Waals surface area contributed by atoms with Gasteiger partial charge in [-0.15, -0.1) is 11.3 Å². The van der Waals surface area contributed by atoms with Crippen molar-refractivity contribution in [3.8, 4) is 0 Å². The van der Waals surface area contributed by atoms with Crippen LogP contribution >= 0.6 is 27.3 Å². The average Bonchev–Trinajstić information content (AvgIpc) is 2.46. The Bertz CT molecular complexity index is 453. The molecule has 2 N–H and O–H groups in total. The lowest BCUT2D eigenvalue weighted by Crippen LogP contribution is -2.29. The maximum Gasteiger partial charge on any atom is 0.320 e. The van der Waals surface area contributed by atoms with Crippen LogP contribution in [-0.4, -0.2) is 25.2 Å². The summed E-state index contributed by atoms with van der Waals surface area (Å²) in [5, 5.41) is 8.33. The normalized spacial score (nSPS) is 11.5. The number of carboxylic acids is 1. The van der Waals surface area contributed by atoms with Gasteiger partial charge in [0.05, 0.1) is 3.79 Å². The van der Waals surface area contributed by atoms with Gasteiger partial charge in [-0.2, -0.15) is 0 Å². The number of carboxylic acid groups (broad SMARTS) is 1. The van der Waals surface area contributed by atoms with Crippen molar-refractivity contribution in [2.45, 2.75) is 6.54 Å². The first kappa shape index (κ1) is 12.6. The molecule has 0 aliphatic carbocycles. The summed E-state index contributed by atoms with van der Waals surface area (Å²) < 4.78 is 25.3. The fourth-order valence-electron chi connectivity index (χ4n) is 0.841.